The lowest BCUT2D eigenvalue weighted by atomic mass is 9.13. The predicted molar refractivity (Wildman–Crippen MR) is 65.1 cm³/mol. The third kappa shape index (κ3) is 0.424. The SMILES string of the molecule is CC12CC3CC4CC5CC6CC5C5C(C1)C32C645. The van der Waals surface area contributed by atoms with Crippen molar-refractivity contribution in [1.29, 1.82) is 0 Å². The number of rotatable bonds is 0. The van der Waals surface area contributed by atoms with Crippen LogP contribution in [-0.2, 0) is 0 Å². The van der Waals surface area contributed by atoms with Crippen molar-refractivity contribution >= 4 is 0 Å². The zero-order chi connectivity index (χ0) is 10.8. The Balaban J connectivity index is 1.59. The molecule has 0 amide bonds. The molecule has 8 fully saturated rings. The van der Waals surface area contributed by atoms with E-state index in [1.165, 1.54) is 41.4 Å². The standard InChI is InChI=1S/C17H22/c1-15-6-11-4-9-2-8-3-10-5-12(8)14-13(7-15)17(11,15)16(9,10)14/h8-14H,2-7H2,1H3. The van der Waals surface area contributed by atoms with Gasteiger partial charge in [-0.05, 0) is 96.2 Å². The molecule has 4 bridgehead atoms. The van der Waals surface area contributed by atoms with Crippen LogP contribution in [-0.4, -0.2) is 0 Å². The van der Waals surface area contributed by atoms with E-state index in [0.717, 1.165) is 16.2 Å². The van der Waals surface area contributed by atoms with Crippen molar-refractivity contribution in [2.24, 2.45) is 57.7 Å². The van der Waals surface area contributed by atoms with Crippen LogP contribution in [0.4, 0.5) is 0 Å². The topological polar surface area (TPSA) is 0 Å². The maximum Gasteiger partial charge on any atom is -0.0119 e. The highest BCUT2D eigenvalue weighted by molar-refractivity contribution is 5.45. The van der Waals surface area contributed by atoms with Crippen LogP contribution in [0.15, 0.2) is 0 Å². The van der Waals surface area contributed by atoms with Crippen molar-refractivity contribution in [3.63, 3.8) is 0 Å². The highest BCUT2D eigenvalue weighted by Gasteiger charge is 2.98. The summed E-state index contributed by atoms with van der Waals surface area (Å²) in [6, 6.07) is 0. The normalized spacial score (nSPS) is 87.0. The van der Waals surface area contributed by atoms with Crippen LogP contribution >= 0.6 is 0 Å². The van der Waals surface area contributed by atoms with Gasteiger partial charge in [-0.3, -0.25) is 0 Å². The second-order valence-electron chi connectivity index (χ2n) is 9.36. The van der Waals surface area contributed by atoms with E-state index in [2.05, 4.69) is 6.92 Å². The zero-order valence-electron chi connectivity index (χ0n) is 10.8. The lowest BCUT2D eigenvalue weighted by molar-refractivity contribution is -0.438. The van der Waals surface area contributed by atoms with Gasteiger partial charge < -0.3 is 0 Å². The maximum absolute atomic E-state index is 2.69. The molecule has 17 heavy (non-hydrogen) atoms. The van der Waals surface area contributed by atoms with Crippen molar-refractivity contribution in [3.8, 4) is 0 Å². The molecule has 2 spiro atoms. The average molecular weight is 226 g/mol. The maximum atomic E-state index is 2.69. The number of hydrogen-bond donors (Lipinski definition) is 0. The van der Waals surface area contributed by atoms with E-state index in [4.69, 9.17) is 0 Å². The van der Waals surface area contributed by atoms with E-state index >= 15 is 0 Å². The fourth-order valence-corrected chi connectivity index (χ4v) is 10.8. The van der Waals surface area contributed by atoms with Crippen molar-refractivity contribution in [2.45, 2.75) is 45.4 Å². The molecular formula is C17H22. The van der Waals surface area contributed by atoms with Gasteiger partial charge in [-0.1, -0.05) is 6.92 Å². The Bertz CT molecular complexity index is 494. The molecule has 8 aliphatic carbocycles. The molecular weight excluding hydrogens is 204 g/mol. The molecule has 10 unspecified atom stereocenters. The van der Waals surface area contributed by atoms with Gasteiger partial charge in [0.1, 0.15) is 0 Å². The molecule has 0 radical (unpaired) electrons. The van der Waals surface area contributed by atoms with E-state index in [1.54, 1.807) is 38.5 Å². The smallest absolute Gasteiger partial charge is 0.0119 e. The van der Waals surface area contributed by atoms with Crippen molar-refractivity contribution < 1.29 is 0 Å². The summed E-state index contributed by atoms with van der Waals surface area (Å²) in [5.74, 6) is 8.61. The van der Waals surface area contributed by atoms with Crippen LogP contribution in [0.2, 0.25) is 0 Å². The fourth-order valence-electron chi connectivity index (χ4n) is 10.8. The molecule has 0 aromatic carbocycles. The van der Waals surface area contributed by atoms with Gasteiger partial charge in [0, 0.05) is 0 Å². The quantitative estimate of drug-likeness (QED) is 0.590. The Kier molecular flexibility index (Phi) is 0.860. The van der Waals surface area contributed by atoms with Gasteiger partial charge >= 0.3 is 0 Å². The fraction of sp³-hybridized carbons (Fsp3) is 1.00. The van der Waals surface area contributed by atoms with Crippen LogP contribution in [0.25, 0.3) is 0 Å². The summed E-state index contributed by atoms with van der Waals surface area (Å²) >= 11 is 0. The first-order valence-electron chi connectivity index (χ1n) is 8.23. The van der Waals surface area contributed by atoms with Crippen molar-refractivity contribution in [3.05, 3.63) is 0 Å². The molecule has 0 saturated heterocycles. The van der Waals surface area contributed by atoms with Crippen LogP contribution in [0.1, 0.15) is 45.4 Å². The lowest BCUT2D eigenvalue weighted by Crippen LogP contribution is -2.86. The highest BCUT2D eigenvalue weighted by Crippen LogP contribution is 3.03. The molecule has 8 aliphatic rings. The first-order chi connectivity index (χ1) is 8.23. The van der Waals surface area contributed by atoms with E-state index in [0.29, 0.717) is 0 Å². The van der Waals surface area contributed by atoms with Crippen LogP contribution in [0.3, 0.4) is 0 Å². The van der Waals surface area contributed by atoms with Gasteiger partial charge in [-0.15, -0.1) is 0 Å². The summed E-state index contributed by atoms with van der Waals surface area (Å²) in [6.45, 7) is 2.69. The van der Waals surface area contributed by atoms with Gasteiger partial charge in [-0.25, -0.2) is 0 Å². The Morgan fingerprint density at radius 1 is 0.882 bits per heavy atom. The highest BCUT2D eigenvalue weighted by atomic mass is 15.0. The zero-order valence-corrected chi connectivity index (χ0v) is 10.8. The lowest BCUT2D eigenvalue weighted by Gasteiger charge is -2.91. The summed E-state index contributed by atoms with van der Waals surface area (Å²) in [4.78, 5) is 0. The van der Waals surface area contributed by atoms with Gasteiger partial charge in [0.05, 0.1) is 0 Å². The van der Waals surface area contributed by atoms with E-state index in [-0.39, 0.29) is 0 Å². The molecule has 0 heterocycles. The Hall–Kier alpha value is 0. The van der Waals surface area contributed by atoms with Gasteiger partial charge in [-0.2, -0.15) is 0 Å². The predicted octanol–water partition coefficient (Wildman–Crippen LogP) is 3.71. The second kappa shape index (κ2) is 1.78. The first-order valence-corrected chi connectivity index (χ1v) is 8.23. The molecule has 8 saturated carbocycles. The van der Waals surface area contributed by atoms with Gasteiger partial charge in [0.25, 0.3) is 0 Å². The Morgan fingerprint density at radius 3 is 2.53 bits per heavy atom. The number of hydrogen-bond acceptors (Lipinski definition) is 0. The van der Waals surface area contributed by atoms with Crippen molar-refractivity contribution in [1.82, 2.24) is 0 Å². The summed E-state index contributed by atoms with van der Waals surface area (Å²) in [7, 11) is 0. The molecule has 8 rings (SSSR count). The summed E-state index contributed by atoms with van der Waals surface area (Å²) < 4.78 is 0. The molecule has 0 aromatic rings. The third-order valence-corrected chi connectivity index (χ3v) is 10.0. The molecule has 90 valence electrons. The summed E-state index contributed by atoms with van der Waals surface area (Å²) in [6.07, 6.45) is 10.0. The van der Waals surface area contributed by atoms with Crippen LogP contribution < -0.4 is 0 Å². The minimum Gasteiger partial charge on any atom is -0.0590 e. The van der Waals surface area contributed by atoms with E-state index in [9.17, 15) is 0 Å². The summed E-state index contributed by atoms with van der Waals surface area (Å²) in [5.41, 5.74) is 2.78. The van der Waals surface area contributed by atoms with E-state index in [1.807, 2.05) is 0 Å². The van der Waals surface area contributed by atoms with Crippen LogP contribution in [0, 0.1) is 57.7 Å². The molecule has 10 atom stereocenters. The molecule has 0 aliphatic heterocycles. The molecule has 0 nitrogen and oxygen atoms in total. The monoisotopic (exact) mass is 226 g/mol. The second-order valence-corrected chi connectivity index (χ2v) is 9.36. The average Bonchev–Trinajstić information content (AvgIpc) is 2.83. The largest absolute Gasteiger partial charge is 0.0590 e. The molecule has 0 aromatic heterocycles. The first kappa shape index (κ1) is 8.23. The minimum absolute atomic E-state index is 0.852. The minimum atomic E-state index is 0.852. The van der Waals surface area contributed by atoms with E-state index < -0.39 is 0 Å². The van der Waals surface area contributed by atoms with Crippen LogP contribution in [0.5, 0.6) is 0 Å². The third-order valence-electron chi connectivity index (χ3n) is 10.0. The summed E-state index contributed by atoms with van der Waals surface area (Å²) in [5, 5.41) is 0. The Labute approximate surface area is 104 Å². The van der Waals surface area contributed by atoms with Gasteiger partial charge in [0.15, 0.2) is 0 Å². The Morgan fingerprint density at radius 2 is 1.71 bits per heavy atom. The molecule has 0 N–H and O–H groups in total. The van der Waals surface area contributed by atoms with Crippen molar-refractivity contribution in [2.75, 3.05) is 0 Å². The molecule has 0 heteroatoms. The van der Waals surface area contributed by atoms with Gasteiger partial charge in [0.2, 0.25) is 0 Å².